The molecule has 1 aliphatic rings. The Kier molecular flexibility index (Phi) is 7.63. The van der Waals surface area contributed by atoms with Crippen molar-refractivity contribution >= 4 is 17.9 Å². The van der Waals surface area contributed by atoms with Crippen molar-refractivity contribution in [2.45, 2.75) is 60.1 Å². The summed E-state index contributed by atoms with van der Waals surface area (Å²) in [5.74, 6) is -0.150. The lowest BCUT2D eigenvalue weighted by Gasteiger charge is -2.31. The molecule has 38 heavy (non-hydrogen) atoms. The van der Waals surface area contributed by atoms with Gasteiger partial charge in [0.1, 0.15) is 17.4 Å². The van der Waals surface area contributed by atoms with Gasteiger partial charge in [-0.15, -0.1) is 0 Å². The third kappa shape index (κ3) is 5.03. The molecule has 0 saturated carbocycles. The Bertz CT molecular complexity index is 1490. The number of hydrogen-bond donors (Lipinski definition) is 0. The lowest BCUT2D eigenvalue weighted by molar-refractivity contribution is -0.142. The van der Waals surface area contributed by atoms with Crippen LogP contribution in [0.1, 0.15) is 52.2 Å². The summed E-state index contributed by atoms with van der Waals surface area (Å²) in [7, 11) is 0. The first-order chi connectivity index (χ1) is 18.2. The molecule has 1 aromatic heterocycles. The molecule has 1 aliphatic heterocycles. The van der Waals surface area contributed by atoms with Crippen molar-refractivity contribution in [3.8, 4) is 28.8 Å². The summed E-state index contributed by atoms with van der Waals surface area (Å²) in [4.78, 5) is 27.8. The second-order valence-corrected chi connectivity index (χ2v) is 9.77. The molecular weight excluding hydrogens is 476 g/mol. The summed E-state index contributed by atoms with van der Waals surface area (Å²) >= 11 is 0. The van der Waals surface area contributed by atoms with Crippen molar-refractivity contribution in [3.05, 3.63) is 82.6 Å². The number of carbonyl (C=O) groups excluding carboxylic acids is 2. The Morgan fingerprint density at radius 2 is 1.76 bits per heavy atom. The summed E-state index contributed by atoms with van der Waals surface area (Å²) in [5, 5.41) is 14.6. The smallest absolute Gasteiger partial charge is 0.271 e. The van der Waals surface area contributed by atoms with E-state index in [1.54, 1.807) is 17.7 Å². The number of para-hydroxylation sites is 1. The number of carbonyl (C=O) groups is 2. The summed E-state index contributed by atoms with van der Waals surface area (Å²) in [6.07, 6.45) is 4.24. The Morgan fingerprint density at radius 3 is 2.37 bits per heavy atom. The van der Waals surface area contributed by atoms with E-state index in [-0.39, 0.29) is 17.7 Å². The lowest BCUT2D eigenvalue weighted by Crippen LogP contribution is -2.47. The van der Waals surface area contributed by atoms with Crippen LogP contribution in [-0.2, 0) is 9.59 Å². The number of hydrogen-bond acceptors (Lipinski definition) is 5. The molecule has 7 heteroatoms. The normalized spacial score (nSPS) is 15.8. The molecule has 1 unspecified atom stereocenters. The van der Waals surface area contributed by atoms with Crippen molar-refractivity contribution in [1.29, 1.82) is 5.26 Å². The van der Waals surface area contributed by atoms with Crippen LogP contribution in [0.15, 0.2) is 71.4 Å². The zero-order valence-corrected chi connectivity index (χ0v) is 22.6. The summed E-state index contributed by atoms with van der Waals surface area (Å²) < 4.78 is 7.68. The molecule has 7 nitrogen and oxygen atoms in total. The Balaban J connectivity index is 1.92. The summed E-state index contributed by atoms with van der Waals surface area (Å²) in [6.45, 7) is 11.3. The number of benzene rings is 2. The van der Waals surface area contributed by atoms with E-state index in [2.05, 4.69) is 0 Å². The standard InChI is InChI=1S/C31H32N4O3/c1-7-21(5)35-30(36)26(22(6)27(17-32)31(35)37)16-24-18-34(25-11-9-8-10-12-25)33-29(24)23-13-14-28(20(4)15-23)38-19(2)3/h8-16,18-19,21H,7H2,1-6H3/b26-16+. The molecule has 2 aromatic carbocycles. The van der Waals surface area contributed by atoms with Crippen LogP contribution in [0.25, 0.3) is 23.0 Å². The van der Waals surface area contributed by atoms with Gasteiger partial charge < -0.3 is 4.74 Å². The molecule has 2 amide bonds. The van der Waals surface area contributed by atoms with Crippen molar-refractivity contribution < 1.29 is 14.3 Å². The van der Waals surface area contributed by atoms with Crippen LogP contribution in [0.4, 0.5) is 0 Å². The van der Waals surface area contributed by atoms with Crippen LogP contribution in [-0.4, -0.2) is 38.6 Å². The second kappa shape index (κ2) is 10.9. The van der Waals surface area contributed by atoms with Gasteiger partial charge in [0.05, 0.1) is 17.5 Å². The second-order valence-electron chi connectivity index (χ2n) is 9.77. The van der Waals surface area contributed by atoms with Gasteiger partial charge in [0.25, 0.3) is 11.8 Å². The van der Waals surface area contributed by atoms with E-state index in [9.17, 15) is 14.9 Å². The molecule has 4 rings (SSSR count). The van der Waals surface area contributed by atoms with Crippen LogP contribution in [0, 0.1) is 18.3 Å². The van der Waals surface area contributed by atoms with E-state index >= 15 is 0 Å². The molecule has 3 aromatic rings. The maximum Gasteiger partial charge on any atom is 0.271 e. The molecular formula is C31H32N4O3. The first-order valence-corrected chi connectivity index (χ1v) is 12.8. The fraction of sp³-hybridized carbons (Fsp3) is 0.290. The number of amides is 2. The van der Waals surface area contributed by atoms with E-state index in [1.165, 1.54) is 4.90 Å². The number of nitrogens with zero attached hydrogens (tertiary/aromatic N) is 4. The zero-order valence-electron chi connectivity index (χ0n) is 22.6. The highest BCUT2D eigenvalue weighted by Gasteiger charge is 2.37. The number of ether oxygens (including phenoxy) is 1. The molecule has 0 fully saturated rings. The van der Waals surface area contributed by atoms with Crippen LogP contribution in [0.5, 0.6) is 5.75 Å². The van der Waals surface area contributed by atoms with E-state index in [0.717, 1.165) is 22.6 Å². The van der Waals surface area contributed by atoms with E-state index in [1.807, 2.05) is 95.4 Å². The van der Waals surface area contributed by atoms with E-state index in [0.29, 0.717) is 28.8 Å². The third-order valence-corrected chi connectivity index (χ3v) is 6.68. The van der Waals surface area contributed by atoms with Gasteiger partial charge in [-0.2, -0.15) is 10.4 Å². The van der Waals surface area contributed by atoms with Gasteiger partial charge in [0.15, 0.2) is 0 Å². The first-order valence-electron chi connectivity index (χ1n) is 12.8. The maximum atomic E-state index is 13.6. The molecule has 0 spiro atoms. The van der Waals surface area contributed by atoms with Gasteiger partial charge in [0.2, 0.25) is 0 Å². The first kappa shape index (κ1) is 26.6. The number of nitriles is 1. The highest BCUT2D eigenvalue weighted by atomic mass is 16.5. The Hall–Kier alpha value is -4.44. The van der Waals surface area contributed by atoms with Crippen molar-refractivity contribution in [2.75, 3.05) is 0 Å². The highest BCUT2D eigenvalue weighted by Crippen LogP contribution is 2.33. The minimum Gasteiger partial charge on any atom is -0.491 e. The maximum absolute atomic E-state index is 13.6. The van der Waals surface area contributed by atoms with Crippen LogP contribution in [0.2, 0.25) is 0 Å². The molecule has 0 aliphatic carbocycles. The summed E-state index contributed by atoms with van der Waals surface area (Å²) in [5.41, 5.74) is 4.74. The minimum absolute atomic E-state index is 0.0146. The summed E-state index contributed by atoms with van der Waals surface area (Å²) in [6, 6.07) is 17.3. The van der Waals surface area contributed by atoms with Crippen LogP contribution in [0.3, 0.4) is 0 Å². The zero-order chi connectivity index (χ0) is 27.6. The van der Waals surface area contributed by atoms with Gasteiger partial charge in [-0.25, -0.2) is 4.68 Å². The molecule has 0 radical (unpaired) electrons. The predicted molar refractivity (Wildman–Crippen MR) is 147 cm³/mol. The van der Waals surface area contributed by atoms with Gasteiger partial charge in [-0.1, -0.05) is 25.1 Å². The number of rotatable bonds is 7. The quantitative estimate of drug-likeness (QED) is 0.287. The highest BCUT2D eigenvalue weighted by molar-refractivity contribution is 6.20. The fourth-order valence-electron chi connectivity index (χ4n) is 4.45. The van der Waals surface area contributed by atoms with E-state index in [4.69, 9.17) is 9.84 Å². The Morgan fingerprint density at radius 1 is 1.05 bits per heavy atom. The van der Waals surface area contributed by atoms with Gasteiger partial charge in [-0.05, 0) is 88.6 Å². The number of aromatic nitrogens is 2. The van der Waals surface area contributed by atoms with Gasteiger partial charge in [0, 0.05) is 28.9 Å². The lowest BCUT2D eigenvalue weighted by atomic mass is 9.92. The van der Waals surface area contributed by atoms with E-state index < -0.39 is 11.8 Å². The molecule has 0 saturated heterocycles. The van der Waals surface area contributed by atoms with Gasteiger partial charge in [-0.3, -0.25) is 14.5 Å². The van der Waals surface area contributed by atoms with Crippen molar-refractivity contribution in [1.82, 2.24) is 14.7 Å². The largest absolute Gasteiger partial charge is 0.491 e. The predicted octanol–water partition coefficient (Wildman–Crippen LogP) is 6.03. The molecule has 194 valence electrons. The Labute approximate surface area is 223 Å². The molecule has 0 bridgehead atoms. The van der Waals surface area contributed by atoms with Gasteiger partial charge >= 0.3 is 0 Å². The average molecular weight is 509 g/mol. The number of imide groups is 1. The number of aryl methyl sites for hydroxylation is 1. The SMILES string of the molecule is CCC(C)N1C(=O)C(C#N)=C(C)/C(=C\c2cn(-c3ccccc3)nc2-c2ccc(OC(C)C)c(C)c2)C1=O. The molecule has 2 heterocycles. The van der Waals surface area contributed by atoms with Crippen molar-refractivity contribution in [2.24, 2.45) is 0 Å². The average Bonchev–Trinajstić information content (AvgIpc) is 3.32. The molecule has 0 N–H and O–H groups in total. The van der Waals surface area contributed by atoms with Crippen LogP contribution >= 0.6 is 0 Å². The molecule has 1 atom stereocenters. The van der Waals surface area contributed by atoms with Crippen molar-refractivity contribution in [3.63, 3.8) is 0 Å². The van der Waals surface area contributed by atoms with Crippen LogP contribution < -0.4 is 4.74 Å². The fourth-order valence-corrected chi connectivity index (χ4v) is 4.45. The topological polar surface area (TPSA) is 88.2 Å². The minimum atomic E-state index is -0.543. The monoisotopic (exact) mass is 508 g/mol. The third-order valence-electron chi connectivity index (χ3n) is 6.68.